The Morgan fingerprint density at radius 1 is 1.57 bits per heavy atom. The van der Waals surface area contributed by atoms with E-state index in [1.165, 1.54) is 11.3 Å². The van der Waals surface area contributed by atoms with Crippen molar-refractivity contribution in [3.63, 3.8) is 0 Å². The molecule has 7 heteroatoms. The lowest BCUT2D eigenvalue weighted by atomic mass is 10.4. The molecule has 0 aliphatic carbocycles. The fraction of sp³-hybridized carbons (Fsp3) is 0.286. The maximum atomic E-state index is 5.65. The predicted molar refractivity (Wildman–Crippen MR) is 59.4 cm³/mol. The second kappa shape index (κ2) is 3.96. The lowest BCUT2D eigenvalue weighted by Crippen LogP contribution is -1.88. The average Bonchev–Trinajstić information content (AvgIpc) is 2.75. The van der Waals surface area contributed by atoms with Gasteiger partial charge in [0.05, 0.1) is 17.6 Å². The van der Waals surface area contributed by atoms with Gasteiger partial charge >= 0.3 is 0 Å². The first-order chi connectivity index (χ1) is 6.72. The molecule has 14 heavy (non-hydrogen) atoms. The van der Waals surface area contributed by atoms with Crippen LogP contribution in [-0.2, 0) is 12.9 Å². The lowest BCUT2D eigenvalue weighted by molar-refractivity contribution is 0.750. The van der Waals surface area contributed by atoms with Crippen molar-refractivity contribution in [1.29, 1.82) is 0 Å². The Kier molecular flexibility index (Phi) is 2.85. The van der Waals surface area contributed by atoms with Crippen LogP contribution < -0.4 is 0 Å². The van der Waals surface area contributed by atoms with E-state index in [4.69, 9.17) is 11.6 Å². The van der Waals surface area contributed by atoms with E-state index in [1.54, 1.807) is 10.9 Å². The fourth-order valence-corrected chi connectivity index (χ4v) is 2.41. The maximum Gasteiger partial charge on any atom is 0.152 e. The van der Waals surface area contributed by atoms with Gasteiger partial charge in [-0.25, -0.2) is 0 Å². The molecule has 2 rings (SSSR count). The van der Waals surface area contributed by atoms with Gasteiger partial charge in [-0.2, -0.15) is 5.10 Å². The van der Waals surface area contributed by atoms with Crippen molar-refractivity contribution in [2.24, 2.45) is 7.05 Å². The molecule has 4 nitrogen and oxygen atoms in total. The SMILES string of the molecule is Cn1ncc(-c2nnc(CCl)s2)c1Br. The third-order valence-electron chi connectivity index (χ3n) is 1.68. The Balaban J connectivity index is 2.44. The molecule has 2 heterocycles. The summed E-state index contributed by atoms with van der Waals surface area (Å²) >= 11 is 10.5. The molecule has 0 aromatic carbocycles. The molecule has 2 aromatic heterocycles. The van der Waals surface area contributed by atoms with Gasteiger partial charge < -0.3 is 0 Å². The first-order valence-corrected chi connectivity index (χ1v) is 5.93. The number of alkyl halides is 1. The van der Waals surface area contributed by atoms with Crippen molar-refractivity contribution in [2.45, 2.75) is 5.88 Å². The number of nitrogens with zero attached hydrogens (tertiary/aromatic N) is 4. The molecule has 0 saturated carbocycles. The summed E-state index contributed by atoms with van der Waals surface area (Å²) in [6, 6.07) is 0. The van der Waals surface area contributed by atoms with E-state index in [9.17, 15) is 0 Å². The van der Waals surface area contributed by atoms with Crippen LogP contribution in [0, 0.1) is 0 Å². The van der Waals surface area contributed by atoms with E-state index in [2.05, 4.69) is 31.2 Å². The van der Waals surface area contributed by atoms with E-state index in [-0.39, 0.29) is 0 Å². The molecule has 0 atom stereocenters. The minimum absolute atomic E-state index is 0.398. The smallest absolute Gasteiger partial charge is 0.152 e. The molecular weight excluding hydrogens is 288 g/mol. The molecule has 0 saturated heterocycles. The molecule has 0 amide bonds. The zero-order valence-electron chi connectivity index (χ0n) is 7.24. The van der Waals surface area contributed by atoms with Crippen LogP contribution >= 0.6 is 38.9 Å². The second-order valence-corrected chi connectivity index (χ2v) is 4.69. The monoisotopic (exact) mass is 292 g/mol. The summed E-state index contributed by atoms with van der Waals surface area (Å²) in [5.41, 5.74) is 0.946. The standard InChI is InChI=1S/C7H6BrClN4S/c1-13-6(8)4(3-10-13)7-12-11-5(2-9)14-7/h3H,2H2,1H3. The minimum atomic E-state index is 0.398. The van der Waals surface area contributed by atoms with Gasteiger partial charge in [0.2, 0.25) is 0 Å². The summed E-state index contributed by atoms with van der Waals surface area (Å²) < 4.78 is 2.63. The number of halogens is 2. The van der Waals surface area contributed by atoms with Crippen LogP contribution in [0.5, 0.6) is 0 Å². The summed E-state index contributed by atoms with van der Waals surface area (Å²) in [5, 5.41) is 13.7. The van der Waals surface area contributed by atoms with Gasteiger partial charge in [0.25, 0.3) is 0 Å². The maximum absolute atomic E-state index is 5.65. The average molecular weight is 294 g/mol. The molecular formula is C7H6BrClN4S. The summed E-state index contributed by atoms with van der Waals surface area (Å²) in [7, 11) is 1.86. The van der Waals surface area contributed by atoms with Crippen molar-refractivity contribution in [3.05, 3.63) is 15.8 Å². The van der Waals surface area contributed by atoms with Gasteiger partial charge in [0.15, 0.2) is 5.01 Å². The second-order valence-electron chi connectivity index (χ2n) is 2.61. The van der Waals surface area contributed by atoms with E-state index >= 15 is 0 Å². The Bertz CT molecular complexity index is 452. The largest absolute Gasteiger partial charge is 0.261 e. The van der Waals surface area contributed by atoms with Crippen LogP contribution in [0.15, 0.2) is 10.8 Å². The Morgan fingerprint density at radius 2 is 2.36 bits per heavy atom. The van der Waals surface area contributed by atoms with E-state index in [0.29, 0.717) is 5.88 Å². The van der Waals surface area contributed by atoms with Gasteiger partial charge in [0, 0.05) is 7.05 Å². The molecule has 0 spiro atoms. The molecule has 0 bridgehead atoms. The summed E-state index contributed by atoms with van der Waals surface area (Å²) in [4.78, 5) is 0. The van der Waals surface area contributed by atoms with Crippen molar-refractivity contribution in [2.75, 3.05) is 0 Å². The number of rotatable bonds is 2. The summed E-state index contributed by atoms with van der Waals surface area (Å²) in [6.45, 7) is 0. The highest BCUT2D eigenvalue weighted by Crippen LogP contribution is 2.30. The minimum Gasteiger partial charge on any atom is -0.261 e. The van der Waals surface area contributed by atoms with E-state index < -0.39 is 0 Å². The molecule has 0 N–H and O–H groups in total. The normalized spacial score (nSPS) is 10.8. The number of hydrogen-bond donors (Lipinski definition) is 0. The van der Waals surface area contributed by atoms with Crippen LogP contribution in [0.3, 0.4) is 0 Å². The van der Waals surface area contributed by atoms with Crippen molar-refractivity contribution < 1.29 is 0 Å². The van der Waals surface area contributed by atoms with E-state index in [0.717, 1.165) is 20.2 Å². The molecule has 0 unspecified atom stereocenters. The van der Waals surface area contributed by atoms with Gasteiger partial charge in [-0.15, -0.1) is 21.8 Å². The number of aryl methyl sites for hydroxylation is 1. The highest BCUT2D eigenvalue weighted by molar-refractivity contribution is 9.10. The third kappa shape index (κ3) is 1.69. The van der Waals surface area contributed by atoms with Gasteiger partial charge in [-0.05, 0) is 15.9 Å². The Hall–Kier alpha value is -0.460. The van der Waals surface area contributed by atoms with Crippen LogP contribution in [0.1, 0.15) is 5.01 Å². The van der Waals surface area contributed by atoms with Gasteiger partial charge in [-0.3, -0.25) is 4.68 Å². The third-order valence-corrected chi connectivity index (χ3v) is 3.99. The van der Waals surface area contributed by atoms with Crippen LogP contribution in [0.4, 0.5) is 0 Å². The first kappa shape index (κ1) is 10.1. The molecule has 2 aromatic rings. The number of hydrogen-bond acceptors (Lipinski definition) is 4. The highest BCUT2D eigenvalue weighted by Gasteiger charge is 2.12. The van der Waals surface area contributed by atoms with Crippen molar-refractivity contribution >= 4 is 38.9 Å². The molecule has 0 aliphatic heterocycles. The topological polar surface area (TPSA) is 43.6 Å². The quantitative estimate of drug-likeness (QED) is 0.799. The molecule has 0 fully saturated rings. The fourth-order valence-electron chi connectivity index (χ4n) is 0.983. The molecule has 0 radical (unpaired) electrons. The molecule has 74 valence electrons. The van der Waals surface area contributed by atoms with E-state index in [1.807, 2.05) is 7.05 Å². The Labute approximate surface area is 98.0 Å². The van der Waals surface area contributed by atoms with Gasteiger partial charge in [0.1, 0.15) is 9.61 Å². The first-order valence-electron chi connectivity index (χ1n) is 3.78. The van der Waals surface area contributed by atoms with Crippen molar-refractivity contribution in [1.82, 2.24) is 20.0 Å². The zero-order valence-corrected chi connectivity index (χ0v) is 10.4. The van der Waals surface area contributed by atoms with Crippen LogP contribution in [-0.4, -0.2) is 20.0 Å². The number of aromatic nitrogens is 4. The summed E-state index contributed by atoms with van der Waals surface area (Å²) in [6.07, 6.45) is 1.75. The Morgan fingerprint density at radius 3 is 2.86 bits per heavy atom. The van der Waals surface area contributed by atoms with Crippen LogP contribution in [0.25, 0.3) is 10.6 Å². The van der Waals surface area contributed by atoms with Crippen molar-refractivity contribution in [3.8, 4) is 10.6 Å². The van der Waals surface area contributed by atoms with Crippen LogP contribution in [0.2, 0.25) is 0 Å². The zero-order chi connectivity index (χ0) is 10.1. The predicted octanol–water partition coefficient (Wildman–Crippen LogP) is 2.44. The summed E-state index contributed by atoms with van der Waals surface area (Å²) in [5.74, 6) is 0.398. The lowest BCUT2D eigenvalue weighted by Gasteiger charge is -1.92. The molecule has 0 aliphatic rings. The van der Waals surface area contributed by atoms with Gasteiger partial charge in [-0.1, -0.05) is 11.3 Å². The highest BCUT2D eigenvalue weighted by atomic mass is 79.9.